The summed E-state index contributed by atoms with van der Waals surface area (Å²) in [7, 11) is 0. The molecular formula is C14H28N2O2. The molecule has 0 heterocycles. The maximum Gasteiger partial charge on any atom is 0.226 e. The predicted molar refractivity (Wildman–Crippen MR) is 73.1 cm³/mol. The van der Waals surface area contributed by atoms with Crippen LogP contribution in [0.3, 0.4) is 0 Å². The second-order valence-electron chi connectivity index (χ2n) is 5.35. The van der Waals surface area contributed by atoms with Crippen molar-refractivity contribution in [3.8, 4) is 0 Å². The summed E-state index contributed by atoms with van der Waals surface area (Å²) in [6.07, 6.45) is 5.74. The van der Waals surface area contributed by atoms with Gasteiger partial charge in [-0.1, -0.05) is 20.3 Å². The van der Waals surface area contributed by atoms with Crippen LogP contribution in [0.5, 0.6) is 0 Å². The van der Waals surface area contributed by atoms with E-state index in [4.69, 9.17) is 10.8 Å². The number of aliphatic hydroxyl groups is 1. The molecule has 2 unspecified atom stereocenters. The van der Waals surface area contributed by atoms with Crippen LogP contribution in [0.25, 0.3) is 0 Å². The van der Waals surface area contributed by atoms with Crippen molar-refractivity contribution in [2.75, 3.05) is 13.2 Å². The maximum atomic E-state index is 12.6. The Morgan fingerprint density at radius 3 is 2.56 bits per heavy atom. The molecule has 1 saturated carbocycles. The second kappa shape index (κ2) is 7.74. The Balaban J connectivity index is 2.68. The maximum absolute atomic E-state index is 12.6. The molecule has 1 amide bonds. The smallest absolute Gasteiger partial charge is 0.226 e. The minimum Gasteiger partial charge on any atom is -0.395 e. The third-order valence-electron chi connectivity index (χ3n) is 4.07. The second-order valence-corrected chi connectivity index (χ2v) is 5.35. The van der Waals surface area contributed by atoms with Crippen molar-refractivity contribution in [3.63, 3.8) is 0 Å². The quantitative estimate of drug-likeness (QED) is 0.757. The summed E-state index contributed by atoms with van der Waals surface area (Å²) in [6, 6.07) is 0.424. The first-order valence-electron chi connectivity index (χ1n) is 7.30. The average Bonchev–Trinajstić information content (AvgIpc) is 2.38. The SMILES string of the molecule is CCC(CC)N(CCO)C(=O)C1CCCC(N)C1. The Morgan fingerprint density at radius 1 is 1.39 bits per heavy atom. The van der Waals surface area contributed by atoms with E-state index >= 15 is 0 Å². The summed E-state index contributed by atoms with van der Waals surface area (Å²) in [5.74, 6) is 0.272. The molecule has 18 heavy (non-hydrogen) atoms. The third-order valence-corrected chi connectivity index (χ3v) is 4.07. The van der Waals surface area contributed by atoms with Gasteiger partial charge in [0.05, 0.1) is 6.61 Å². The number of hydrogen-bond acceptors (Lipinski definition) is 3. The Morgan fingerprint density at radius 2 is 2.06 bits per heavy atom. The molecule has 106 valence electrons. The van der Waals surface area contributed by atoms with Gasteiger partial charge in [0, 0.05) is 24.5 Å². The van der Waals surface area contributed by atoms with Gasteiger partial charge in [0.15, 0.2) is 0 Å². The highest BCUT2D eigenvalue weighted by molar-refractivity contribution is 5.79. The van der Waals surface area contributed by atoms with Crippen LogP contribution in [0.2, 0.25) is 0 Å². The predicted octanol–water partition coefficient (Wildman–Crippen LogP) is 1.51. The van der Waals surface area contributed by atoms with Gasteiger partial charge < -0.3 is 15.7 Å². The third kappa shape index (κ3) is 3.95. The van der Waals surface area contributed by atoms with Crippen LogP contribution < -0.4 is 5.73 Å². The molecule has 1 aliphatic carbocycles. The fourth-order valence-corrected chi connectivity index (χ4v) is 3.00. The number of hydrogen-bond donors (Lipinski definition) is 2. The Kier molecular flexibility index (Phi) is 6.65. The highest BCUT2D eigenvalue weighted by atomic mass is 16.3. The summed E-state index contributed by atoms with van der Waals surface area (Å²) in [5.41, 5.74) is 5.96. The van der Waals surface area contributed by atoms with Crippen molar-refractivity contribution < 1.29 is 9.90 Å². The fourth-order valence-electron chi connectivity index (χ4n) is 3.00. The van der Waals surface area contributed by atoms with E-state index in [1.165, 1.54) is 0 Å². The molecule has 0 aliphatic heterocycles. The van der Waals surface area contributed by atoms with Gasteiger partial charge in [-0.05, 0) is 32.1 Å². The minimum absolute atomic E-state index is 0.0427. The van der Waals surface area contributed by atoms with Crippen molar-refractivity contribution >= 4 is 5.91 Å². The van der Waals surface area contributed by atoms with Crippen LogP contribution in [0, 0.1) is 5.92 Å². The van der Waals surface area contributed by atoms with Crippen molar-refractivity contribution in [2.24, 2.45) is 11.7 Å². The van der Waals surface area contributed by atoms with Crippen LogP contribution >= 0.6 is 0 Å². The molecule has 4 nitrogen and oxygen atoms in total. The molecule has 0 bridgehead atoms. The Bertz CT molecular complexity index is 254. The summed E-state index contributed by atoms with van der Waals surface area (Å²) >= 11 is 0. The van der Waals surface area contributed by atoms with Gasteiger partial charge in [0.25, 0.3) is 0 Å². The van der Waals surface area contributed by atoms with E-state index in [1.807, 2.05) is 4.90 Å². The zero-order valence-electron chi connectivity index (χ0n) is 11.8. The normalized spacial score (nSPS) is 24.3. The van der Waals surface area contributed by atoms with Crippen LogP contribution in [0.15, 0.2) is 0 Å². The van der Waals surface area contributed by atoms with Gasteiger partial charge in [0.1, 0.15) is 0 Å². The first-order chi connectivity index (χ1) is 8.63. The van der Waals surface area contributed by atoms with E-state index in [0.29, 0.717) is 6.54 Å². The number of rotatable bonds is 6. The number of carbonyl (C=O) groups is 1. The summed E-state index contributed by atoms with van der Waals surface area (Å²) < 4.78 is 0. The first kappa shape index (κ1) is 15.4. The topological polar surface area (TPSA) is 66.6 Å². The van der Waals surface area contributed by atoms with Gasteiger partial charge in [-0.15, -0.1) is 0 Å². The van der Waals surface area contributed by atoms with Gasteiger partial charge in [-0.2, -0.15) is 0 Å². The number of carbonyl (C=O) groups excluding carboxylic acids is 1. The highest BCUT2D eigenvalue weighted by Gasteiger charge is 2.31. The lowest BCUT2D eigenvalue weighted by atomic mass is 9.85. The van der Waals surface area contributed by atoms with Crippen LogP contribution in [-0.4, -0.2) is 41.1 Å². The monoisotopic (exact) mass is 256 g/mol. The number of nitrogens with zero attached hydrogens (tertiary/aromatic N) is 1. The zero-order valence-corrected chi connectivity index (χ0v) is 11.8. The molecule has 0 aromatic heterocycles. The fraction of sp³-hybridized carbons (Fsp3) is 0.929. The molecular weight excluding hydrogens is 228 g/mol. The molecule has 0 saturated heterocycles. The Hall–Kier alpha value is -0.610. The van der Waals surface area contributed by atoms with Gasteiger partial charge in [0.2, 0.25) is 5.91 Å². The van der Waals surface area contributed by atoms with E-state index in [2.05, 4.69) is 13.8 Å². The van der Waals surface area contributed by atoms with Crippen LogP contribution in [0.4, 0.5) is 0 Å². The molecule has 1 aliphatic rings. The molecule has 0 aromatic carbocycles. The van der Waals surface area contributed by atoms with E-state index in [9.17, 15) is 4.79 Å². The molecule has 4 heteroatoms. The molecule has 0 spiro atoms. The highest BCUT2D eigenvalue weighted by Crippen LogP contribution is 2.26. The number of amides is 1. The van der Waals surface area contributed by atoms with Crippen LogP contribution in [0.1, 0.15) is 52.4 Å². The lowest BCUT2D eigenvalue weighted by molar-refractivity contribution is -0.140. The van der Waals surface area contributed by atoms with Crippen molar-refractivity contribution in [3.05, 3.63) is 0 Å². The van der Waals surface area contributed by atoms with Gasteiger partial charge in [-0.25, -0.2) is 0 Å². The number of nitrogens with two attached hydrogens (primary N) is 1. The van der Waals surface area contributed by atoms with E-state index in [-0.39, 0.29) is 30.5 Å². The zero-order chi connectivity index (χ0) is 13.5. The van der Waals surface area contributed by atoms with Crippen molar-refractivity contribution in [2.45, 2.75) is 64.5 Å². The molecule has 2 atom stereocenters. The molecule has 3 N–H and O–H groups in total. The van der Waals surface area contributed by atoms with E-state index in [1.54, 1.807) is 0 Å². The van der Waals surface area contributed by atoms with E-state index < -0.39 is 0 Å². The average molecular weight is 256 g/mol. The summed E-state index contributed by atoms with van der Waals surface area (Å²) in [5, 5.41) is 9.16. The Labute approximate surface area is 111 Å². The lowest BCUT2D eigenvalue weighted by Gasteiger charge is -2.35. The molecule has 0 aromatic rings. The first-order valence-corrected chi connectivity index (χ1v) is 7.30. The summed E-state index contributed by atoms with van der Waals surface area (Å²) in [6.45, 7) is 4.69. The molecule has 0 radical (unpaired) electrons. The standard InChI is InChI=1S/C14H28N2O2/c1-3-13(4-2)16(8-9-17)14(18)11-6-5-7-12(15)10-11/h11-13,17H,3-10,15H2,1-2H3. The largest absolute Gasteiger partial charge is 0.395 e. The van der Waals surface area contributed by atoms with Gasteiger partial charge in [-0.3, -0.25) is 4.79 Å². The lowest BCUT2D eigenvalue weighted by Crippen LogP contribution is -2.46. The molecule has 1 fully saturated rings. The number of aliphatic hydroxyl groups excluding tert-OH is 1. The van der Waals surface area contributed by atoms with Crippen molar-refractivity contribution in [1.29, 1.82) is 0 Å². The minimum atomic E-state index is 0.0427. The van der Waals surface area contributed by atoms with E-state index in [0.717, 1.165) is 38.5 Å². The van der Waals surface area contributed by atoms with Crippen molar-refractivity contribution in [1.82, 2.24) is 4.90 Å². The van der Waals surface area contributed by atoms with Gasteiger partial charge >= 0.3 is 0 Å². The summed E-state index contributed by atoms with van der Waals surface area (Å²) in [4.78, 5) is 14.4. The molecule has 1 rings (SSSR count). The van der Waals surface area contributed by atoms with Crippen LogP contribution in [-0.2, 0) is 4.79 Å².